The Kier molecular flexibility index (Phi) is 5.09. The van der Waals surface area contributed by atoms with Gasteiger partial charge in [0, 0.05) is 18.5 Å². The molecule has 0 aliphatic heterocycles. The van der Waals surface area contributed by atoms with Crippen LogP contribution in [0.2, 0.25) is 0 Å². The molecule has 2 unspecified atom stereocenters. The van der Waals surface area contributed by atoms with Gasteiger partial charge >= 0.3 is 0 Å². The molecule has 4 rings (SSSR count). The molecule has 0 spiro atoms. The van der Waals surface area contributed by atoms with Crippen LogP contribution >= 0.6 is 11.3 Å². The van der Waals surface area contributed by atoms with Crippen molar-refractivity contribution in [3.8, 4) is 0 Å². The van der Waals surface area contributed by atoms with Crippen molar-refractivity contribution in [2.45, 2.75) is 57.5 Å². The number of aryl methyl sites for hydroxylation is 1. The molecule has 26 heavy (non-hydrogen) atoms. The van der Waals surface area contributed by atoms with Crippen LogP contribution in [0.1, 0.15) is 58.0 Å². The summed E-state index contributed by atoms with van der Waals surface area (Å²) in [6, 6.07) is 10.9. The smallest absolute Gasteiger partial charge is 0.263 e. The Morgan fingerprint density at radius 1 is 1.23 bits per heavy atom. The van der Waals surface area contributed by atoms with Crippen LogP contribution in [-0.2, 0) is 6.42 Å². The zero-order chi connectivity index (χ0) is 18.1. The first kappa shape index (κ1) is 17.7. The van der Waals surface area contributed by atoms with E-state index < -0.39 is 0 Å². The molecule has 138 valence electrons. The molecule has 2 fully saturated rings. The average molecular weight is 370 g/mol. The standard InChI is InChI=1S/C21H27N3OS/c1-13-20(26-18(23-13)10-14-6-3-2-4-7-14)21(25)24-19-15-8-5-9-16(19)12-17(22)11-15/h2-4,6-7,15-17,19H,5,8-12,22H2,1H3,(H,24,25). The molecule has 2 saturated carbocycles. The van der Waals surface area contributed by atoms with Crippen molar-refractivity contribution in [2.24, 2.45) is 17.6 Å². The summed E-state index contributed by atoms with van der Waals surface area (Å²) in [6.07, 6.45) is 6.52. The number of rotatable bonds is 4. The fourth-order valence-electron chi connectivity index (χ4n) is 4.75. The van der Waals surface area contributed by atoms with Gasteiger partial charge in [0.2, 0.25) is 0 Å². The Morgan fingerprint density at radius 2 is 1.92 bits per heavy atom. The number of benzene rings is 1. The van der Waals surface area contributed by atoms with Crippen LogP contribution in [0.25, 0.3) is 0 Å². The topological polar surface area (TPSA) is 68.0 Å². The summed E-state index contributed by atoms with van der Waals surface area (Å²) >= 11 is 1.53. The number of aromatic nitrogens is 1. The number of nitrogens with zero attached hydrogens (tertiary/aromatic N) is 1. The van der Waals surface area contributed by atoms with Gasteiger partial charge in [0.25, 0.3) is 5.91 Å². The SMILES string of the molecule is Cc1nc(Cc2ccccc2)sc1C(=O)NC1C2CCCC1CC(N)C2. The summed E-state index contributed by atoms with van der Waals surface area (Å²) < 4.78 is 0. The molecule has 2 bridgehead atoms. The summed E-state index contributed by atoms with van der Waals surface area (Å²) in [5, 5.41) is 4.36. The molecule has 3 N–H and O–H groups in total. The zero-order valence-corrected chi connectivity index (χ0v) is 16.1. The molecule has 2 aliphatic rings. The van der Waals surface area contributed by atoms with Crippen LogP contribution in [0.3, 0.4) is 0 Å². The second kappa shape index (κ2) is 7.49. The van der Waals surface area contributed by atoms with Gasteiger partial charge in [-0.25, -0.2) is 4.98 Å². The first-order valence-electron chi connectivity index (χ1n) is 9.67. The molecule has 1 amide bonds. The summed E-state index contributed by atoms with van der Waals surface area (Å²) in [4.78, 5) is 18.3. The highest BCUT2D eigenvalue weighted by atomic mass is 32.1. The number of thiazole rings is 1. The van der Waals surface area contributed by atoms with Gasteiger partial charge in [-0.15, -0.1) is 11.3 Å². The van der Waals surface area contributed by atoms with Crippen molar-refractivity contribution in [2.75, 3.05) is 0 Å². The number of hydrogen-bond donors (Lipinski definition) is 2. The lowest BCUT2D eigenvalue weighted by atomic mass is 9.67. The van der Waals surface area contributed by atoms with Gasteiger partial charge in [0.1, 0.15) is 4.88 Å². The number of hydrogen-bond acceptors (Lipinski definition) is 4. The second-order valence-electron chi connectivity index (χ2n) is 7.87. The third-order valence-corrected chi connectivity index (χ3v) is 7.08. The molecule has 2 aromatic rings. The average Bonchev–Trinajstić information content (AvgIpc) is 2.97. The molecule has 1 aromatic heterocycles. The van der Waals surface area contributed by atoms with E-state index >= 15 is 0 Å². The lowest BCUT2D eigenvalue weighted by Crippen LogP contribution is -2.53. The third kappa shape index (κ3) is 3.69. The van der Waals surface area contributed by atoms with Gasteiger partial charge in [0.05, 0.1) is 10.7 Å². The van der Waals surface area contributed by atoms with Gasteiger partial charge in [0.15, 0.2) is 0 Å². The van der Waals surface area contributed by atoms with Crippen molar-refractivity contribution in [1.29, 1.82) is 0 Å². The van der Waals surface area contributed by atoms with Gasteiger partial charge in [-0.2, -0.15) is 0 Å². The molecule has 0 saturated heterocycles. The van der Waals surface area contributed by atoms with Gasteiger partial charge in [-0.1, -0.05) is 36.8 Å². The molecule has 4 nitrogen and oxygen atoms in total. The predicted molar refractivity (Wildman–Crippen MR) is 105 cm³/mol. The Hall–Kier alpha value is -1.72. The second-order valence-corrected chi connectivity index (χ2v) is 8.95. The minimum absolute atomic E-state index is 0.0525. The van der Waals surface area contributed by atoms with Crippen LogP contribution in [0.15, 0.2) is 30.3 Å². The van der Waals surface area contributed by atoms with E-state index in [4.69, 9.17) is 5.73 Å². The van der Waals surface area contributed by atoms with E-state index in [1.54, 1.807) is 0 Å². The minimum Gasteiger partial charge on any atom is -0.348 e. The first-order chi connectivity index (χ1) is 12.6. The van der Waals surface area contributed by atoms with E-state index in [0.29, 0.717) is 17.9 Å². The maximum Gasteiger partial charge on any atom is 0.263 e. The number of amides is 1. The highest BCUT2D eigenvalue weighted by molar-refractivity contribution is 7.13. The lowest BCUT2D eigenvalue weighted by molar-refractivity contribution is 0.0759. The first-order valence-corrected chi connectivity index (χ1v) is 10.5. The van der Waals surface area contributed by atoms with Crippen LogP contribution in [0, 0.1) is 18.8 Å². The quantitative estimate of drug-likeness (QED) is 0.864. The molecule has 0 radical (unpaired) electrons. The van der Waals surface area contributed by atoms with E-state index in [1.165, 1.54) is 36.2 Å². The van der Waals surface area contributed by atoms with Gasteiger partial charge in [-0.05, 0) is 50.0 Å². The van der Waals surface area contributed by atoms with Crippen LogP contribution in [0.5, 0.6) is 0 Å². The minimum atomic E-state index is 0.0525. The number of carbonyl (C=O) groups is 1. The van der Waals surface area contributed by atoms with Crippen molar-refractivity contribution >= 4 is 17.2 Å². The Balaban J connectivity index is 1.47. The summed E-state index contributed by atoms with van der Waals surface area (Å²) in [7, 11) is 0. The monoisotopic (exact) mass is 369 g/mol. The molecule has 1 heterocycles. The summed E-state index contributed by atoms with van der Waals surface area (Å²) in [6.45, 7) is 1.94. The highest BCUT2D eigenvalue weighted by Gasteiger charge is 2.40. The molecule has 2 atom stereocenters. The summed E-state index contributed by atoms with van der Waals surface area (Å²) in [5.74, 6) is 1.13. The van der Waals surface area contributed by atoms with E-state index in [-0.39, 0.29) is 11.9 Å². The van der Waals surface area contributed by atoms with Crippen molar-refractivity contribution in [3.05, 3.63) is 51.5 Å². The van der Waals surface area contributed by atoms with Crippen LogP contribution < -0.4 is 11.1 Å². The normalized spacial score (nSPS) is 27.9. The lowest BCUT2D eigenvalue weighted by Gasteiger charge is -2.45. The van der Waals surface area contributed by atoms with Crippen LogP contribution in [0.4, 0.5) is 0 Å². The van der Waals surface area contributed by atoms with Gasteiger partial charge in [-0.3, -0.25) is 4.79 Å². The van der Waals surface area contributed by atoms with E-state index in [0.717, 1.165) is 34.8 Å². The number of carbonyl (C=O) groups excluding carboxylic acids is 1. The Labute approximate surface area is 159 Å². The van der Waals surface area contributed by atoms with E-state index in [2.05, 4.69) is 22.4 Å². The van der Waals surface area contributed by atoms with E-state index in [9.17, 15) is 4.79 Å². The van der Waals surface area contributed by atoms with Crippen molar-refractivity contribution < 1.29 is 4.79 Å². The molecule has 5 heteroatoms. The Morgan fingerprint density at radius 3 is 2.62 bits per heavy atom. The molecular formula is C21H27N3OS. The molecule has 2 aliphatic carbocycles. The van der Waals surface area contributed by atoms with Crippen molar-refractivity contribution in [3.63, 3.8) is 0 Å². The molecule has 1 aromatic carbocycles. The number of nitrogens with two attached hydrogens (primary N) is 1. The molecular weight excluding hydrogens is 342 g/mol. The van der Waals surface area contributed by atoms with E-state index in [1.807, 2.05) is 25.1 Å². The highest BCUT2D eigenvalue weighted by Crippen LogP contribution is 2.40. The summed E-state index contributed by atoms with van der Waals surface area (Å²) in [5.41, 5.74) is 8.28. The Bertz CT molecular complexity index is 759. The fourth-order valence-corrected chi connectivity index (χ4v) is 5.75. The third-order valence-electron chi connectivity index (χ3n) is 5.92. The number of fused-ring (bicyclic) bond motifs is 2. The van der Waals surface area contributed by atoms with Gasteiger partial charge < -0.3 is 11.1 Å². The largest absolute Gasteiger partial charge is 0.348 e. The fraction of sp³-hybridized carbons (Fsp3) is 0.524. The predicted octanol–water partition coefficient (Wildman–Crippen LogP) is 3.68. The number of nitrogens with one attached hydrogen (secondary N) is 1. The van der Waals surface area contributed by atoms with Crippen molar-refractivity contribution in [1.82, 2.24) is 10.3 Å². The maximum absolute atomic E-state index is 12.9. The zero-order valence-electron chi connectivity index (χ0n) is 15.3. The maximum atomic E-state index is 12.9. The van der Waals surface area contributed by atoms with Crippen LogP contribution in [-0.4, -0.2) is 23.0 Å².